The van der Waals surface area contributed by atoms with Crippen LogP contribution in [0.4, 0.5) is 0 Å². The smallest absolute Gasteiger partial charge is 0.136 e. The van der Waals surface area contributed by atoms with Crippen molar-refractivity contribution in [3.63, 3.8) is 0 Å². The Morgan fingerprint density at radius 3 is 2.88 bits per heavy atom. The highest BCUT2D eigenvalue weighted by molar-refractivity contribution is 5.81. The average Bonchev–Trinajstić information content (AvgIpc) is 2.33. The van der Waals surface area contributed by atoms with Crippen molar-refractivity contribution >= 4 is 5.78 Å². The van der Waals surface area contributed by atoms with E-state index in [0.29, 0.717) is 17.8 Å². The van der Waals surface area contributed by atoms with Gasteiger partial charge < -0.3 is 4.74 Å². The molecule has 2 nitrogen and oxygen atoms in total. The summed E-state index contributed by atoms with van der Waals surface area (Å²) >= 11 is 0. The van der Waals surface area contributed by atoms with Crippen molar-refractivity contribution in [2.75, 3.05) is 6.61 Å². The zero-order valence-corrected chi connectivity index (χ0v) is 10.4. The predicted molar refractivity (Wildman–Crippen MR) is 64.3 cm³/mol. The molecule has 0 aromatic rings. The predicted octanol–water partition coefficient (Wildman–Crippen LogP) is 3.34. The van der Waals surface area contributed by atoms with Gasteiger partial charge in [-0.05, 0) is 44.4 Å². The van der Waals surface area contributed by atoms with E-state index >= 15 is 0 Å². The Morgan fingerprint density at radius 2 is 2.19 bits per heavy atom. The number of ketones is 1. The van der Waals surface area contributed by atoms with Crippen LogP contribution in [-0.2, 0) is 9.53 Å². The first kappa shape index (κ1) is 12.1. The molecule has 2 fully saturated rings. The minimum Gasteiger partial charge on any atom is -0.378 e. The second-order valence-corrected chi connectivity index (χ2v) is 5.44. The van der Waals surface area contributed by atoms with Gasteiger partial charge in [-0.1, -0.05) is 13.3 Å². The summed E-state index contributed by atoms with van der Waals surface area (Å²) in [6.45, 7) is 3.15. The standard InChI is InChI=1S/C14H24O2/c1-2-11-6-7-14(15)12(9-11)10-13-5-3-4-8-16-13/h11-13H,2-10H2,1H3. The highest BCUT2D eigenvalue weighted by Gasteiger charge is 2.30. The molecule has 2 heteroatoms. The summed E-state index contributed by atoms with van der Waals surface area (Å²) < 4.78 is 5.75. The van der Waals surface area contributed by atoms with E-state index in [2.05, 4.69) is 6.92 Å². The molecule has 1 saturated carbocycles. The van der Waals surface area contributed by atoms with Crippen molar-refractivity contribution < 1.29 is 9.53 Å². The highest BCUT2D eigenvalue weighted by Crippen LogP contribution is 2.33. The molecule has 92 valence electrons. The van der Waals surface area contributed by atoms with Gasteiger partial charge in [0.1, 0.15) is 5.78 Å². The number of Topliss-reactive ketones (excluding diaryl/α,β-unsaturated/α-hetero) is 1. The number of rotatable bonds is 3. The van der Waals surface area contributed by atoms with Crippen LogP contribution in [0, 0.1) is 11.8 Å². The molecule has 1 saturated heterocycles. The Bertz CT molecular complexity index is 231. The van der Waals surface area contributed by atoms with Crippen LogP contribution in [0.2, 0.25) is 0 Å². The molecule has 1 aliphatic carbocycles. The zero-order chi connectivity index (χ0) is 11.4. The van der Waals surface area contributed by atoms with Crippen LogP contribution in [0.3, 0.4) is 0 Å². The Balaban J connectivity index is 1.83. The Kier molecular flexibility index (Phi) is 4.39. The van der Waals surface area contributed by atoms with Gasteiger partial charge in [0.05, 0.1) is 6.10 Å². The molecule has 0 radical (unpaired) electrons. The largest absolute Gasteiger partial charge is 0.378 e. The molecule has 0 bridgehead atoms. The van der Waals surface area contributed by atoms with E-state index in [1.807, 2.05) is 0 Å². The maximum Gasteiger partial charge on any atom is 0.136 e. The van der Waals surface area contributed by atoms with Gasteiger partial charge in [0.25, 0.3) is 0 Å². The first-order valence-electron chi connectivity index (χ1n) is 6.94. The van der Waals surface area contributed by atoms with E-state index < -0.39 is 0 Å². The normalized spacial score (nSPS) is 36.3. The molecular formula is C14H24O2. The third-order valence-electron chi connectivity index (χ3n) is 4.27. The summed E-state index contributed by atoms with van der Waals surface area (Å²) in [4.78, 5) is 11.9. The average molecular weight is 224 g/mol. The lowest BCUT2D eigenvalue weighted by atomic mass is 9.76. The number of carbonyl (C=O) groups excluding carboxylic acids is 1. The summed E-state index contributed by atoms with van der Waals surface area (Å²) in [5.41, 5.74) is 0. The molecule has 16 heavy (non-hydrogen) atoms. The van der Waals surface area contributed by atoms with Crippen molar-refractivity contribution in [3.8, 4) is 0 Å². The molecule has 0 spiro atoms. The molecule has 0 amide bonds. The Labute approximate surface area is 98.7 Å². The van der Waals surface area contributed by atoms with E-state index in [9.17, 15) is 4.79 Å². The van der Waals surface area contributed by atoms with Crippen LogP contribution in [0.1, 0.15) is 58.3 Å². The molecular weight excluding hydrogens is 200 g/mol. The number of ether oxygens (including phenoxy) is 1. The van der Waals surface area contributed by atoms with E-state index in [-0.39, 0.29) is 0 Å². The van der Waals surface area contributed by atoms with Crippen molar-refractivity contribution in [3.05, 3.63) is 0 Å². The molecule has 1 aliphatic heterocycles. The van der Waals surface area contributed by atoms with E-state index in [0.717, 1.165) is 38.2 Å². The fraction of sp³-hybridized carbons (Fsp3) is 0.929. The van der Waals surface area contributed by atoms with Gasteiger partial charge >= 0.3 is 0 Å². The van der Waals surface area contributed by atoms with Crippen molar-refractivity contribution in [2.24, 2.45) is 11.8 Å². The Morgan fingerprint density at radius 1 is 1.31 bits per heavy atom. The van der Waals surface area contributed by atoms with Crippen molar-refractivity contribution in [2.45, 2.75) is 64.4 Å². The fourth-order valence-corrected chi connectivity index (χ4v) is 3.11. The summed E-state index contributed by atoms with van der Waals surface area (Å²) in [5.74, 6) is 1.59. The summed E-state index contributed by atoms with van der Waals surface area (Å²) in [5, 5.41) is 0. The highest BCUT2D eigenvalue weighted by atomic mass is 16.5. The van der Waals surface area contributed by atoms with Gasteiger partial charge in [-0.2, -0.15) is 0 Å². The number of hydrogen-bond acceptors (Lipinski definition) is 2. The SMILES string of the molecule is CCC1CCC(=O)C(CC2CCCCO2)C1. The zero-order valence-electron chi connectivity index (χ0n) is 10.4. The summed E-state index contributed by atoms with van der Waals surface area (Å²) in [6.07, 6.45) is 9.31. The van der Waals surface area contributed by atoms with E-state index in [1.165, 1.54) is 25.7 Å². The minimum absolute atomic E-state index is 0.307. The molecule has 3 atom stereocenters. The van der Waals surface area contributed by atoms with Gasteiger partial charge in [0, 0.05) is 18.9 Å². The molecule has 2 aliphatic rings. The second kappa shape index (κ2) is 5.81. The molecule has 3 unspecified atom stereocenters. The molecule has 2 rings (SSSR count). The van der Waals surface area contributed by atoms with Gasteiger partial charge in [-0.25, -0.2) is 0 Å². The van der Waals surface area contributed by atoms with Crippen LogP contribution >= 0.6 is 0 Å². The third kappa shape index (κ3) is 3.07. The monoisotopic (exact) mass is 224 g/mol. The lowest BCUT2D eigenvalue weighted by molar-refractivity contribution is -0.127. The lowest BCUT2D eigenvalue weighted by Gasteiger charge is -2.31. The first-order chi connectivity index (χ1) is 7.79. The second-order valence-electron chi connectivity index (χ2n) is 5.44. The van der Waals surface area contributed by atoms with Gasteiger partial charge in [0.15, 0.2) is 0 Å². The van der Waals surface area contributed by atoms with E-state index in [4.69, 9.17) is 4.74 Å². The van der Waals surface area contributed by atoms with Crippen LogP contribution in [0.25, 0.3) is 0 Å². The van der Waals surface area contributed by atoms with E-state index in [1.54, 1.807) is 0 Å². The van der Waals surface area contributed by atoms with Crippen LogP contribution in [0.5, 0.6) is 0 Å². The summed E-state index contributed by atoms with van der Waals surface area (Å²) in [6, 6.07) is 0. The lowest BCUT2D eigenvalue weighted by Crippen LogP contribution is -2.30. The summed E-state index contributed by atoms with van der Waals surface area (Å²) in [7, 11) is 0. The van der Waals surface area contributed by atoms with Crippen LogP contribution < -0.4 is 0 Å². The third-order valence-corrected chi connectivity index (χ3v) is 4.27. The van der Waals surface area contributed by atoms with Crippen LogP contribution in [0.15, 0.2) is 0 Å². The maximum absolute atomic E-state index is 11.9. The Hall–Kier alpha value is -0.370. The fourth-order valence-electron chi connectivity index (χ4n) is 3.11. The van der Waals surface area contributed by atoms with Crippen LogP contribution in [-0.4, -0.2) is 18.5 Å². The first-order valence-corrected chi connectivity index (χ1v) is 6.94. The van der Waals surface area contributed by atoms with Gasteiger partial charge in [-0.15, -0.1) is 0 Å². The van der Waals surface area contributed by atoms with Gasteiger partial charge in [0.2, 0.25) is 0 Å². The minimum atomic E-state index is 0.307. The topological polar surface area (TPSA) is 26.3 Å². The maximum atomic E-state index is 11.9. The molecule has 0 N–H and O–H groups in total. The number of hydrogen-bond donors (Lipinski definition) is 0. The molecule has 0 aromatic carbocycles. The van der Waals surface area contributed by atoms with Crippen molar-refractivity contribution in [1.82, 2.24) is 0 Å². The molecule has 0 aromatic heterocycles. The van der Waals surface area contributed by atoms with Gasteiger partial charge in [-0.3, -0.25) is 4.79 Å². The van der Waals surface area contributed by atoms with Crippen molar-refractivity contribution in [1.29, 1.82) is 0 Å². The number of carbonyl (C=O) groups is 1. The quantitative estimate of drug-likeness (QED) is 0.735. The molecule has 1 heterocycles.